The minimum atomic E-state index is -4.48. The molecule has 0 radical (unpaired) electrons. The third-order valence-corrected chi connectivity index (χ3v) is 2.24. The predicted octanol–water partition coefficient (Wildman–Crippen LogP) is 1.65. The van der Waals surface area contributed by atoms with Gasteiger partial charge in [-0.3, -0.25) is 0 Å². The number of rotatable bonds is 4. The molecule has 0 saturated carbocycles. The second-order valence-electron chi connectivity index (χ2n) is 3.78. The SMILES string of the molecule is NCc1ccc(CNC(=O)NCC(F)(F)F)c(F)c1. The molecule has 0 spiro atoms. The molecule has 0 aliphatic rings. The van der Waals surface area contributed by atoms with E-state index in [1.165, 1.54) is 12.1 Å². The highest BCUT2D eigenvalue weighted by atomic mass is 19.4. The molecule has 4 nitrogen and oxygen atoms in total. The second-order valence-corrected chi connectivity index (χ2v) is 3.78. The summed E-state index contributed by atoms with van der Waals surface area (Å²) in [4.78, 5) is 11.0. The summed E-state index contributed by atoms with van der Waals surface area (Å²) in [6.45, 7) is -1.47. The van der Waals surface area contributed by atoms with Crippen molar-refractivity contribution < 1.29 is 22.4 Å². The van der Waals surface area contributed by atoms with Gasteiger partial charge in [-0.15, -0.1) is 0 Å². The molecule has 1 aromatic carbocycles. The van der Waals surface area contributed by atoms with Crippen LogP contribution in [0.2, 0.25) is 0 Å². The fraction of sp³-hybridized carbons (Fsp3) is 0.364. The Hall–Kier alpha value is -1.83. The Balaban J connectivity index is 2.46. The van der Waals surface area contributed by atoms with Crippen LogP contribution in [0.25, 0.3) is 0 Å². The molecule has 8 heteroatoms. The van der Waals surface area contributed by atoms with Crippen LogP contribution in [0.3, 0.4) is 0 Å². The van der Waals surface area contributed by atoms with E-state index in [9.17, 15) is 22.4 Å². The number of carbonyl (C=O) groups excluding carboxylic acids is 1. The molecule has 19 heavy (non-hydrogen) atoms. The summed E-state index contributed by atoms with van der Waals surface area (Å²) in [5.41, 5.74) is 6.07. The van der Waals surface area contributed by atoms with E-state index in [1.807, 2.05) is 0 Å². The molecule has 1 aromatic rings. The Morgan fingerprint density at radius 2 is 1.95 bits per heavy atom. The van der Waals surface area contributed by atoms with E-state index in [-0.39, 0.29) is 18.7 Å². The van der Waals surface area contributed by atoms with Crippen molar-refractivity contribution >= 4 is 6.03 Å². The zero-order valence-electron chi connectivity index (χ0n) is 9.85. The van der Waals surface area contributed by atoms with E-state index in [2.05, 4.69) is 5.32 Å². The Morgan fingerprint density at radius 1 is 1.26 bits per heavy atom. The standard InChI is InChI=1S/C11H13F4N3O/c12-9-3-7(4-16)1-2-8(9)5-17-10(19)18-6-11(13,14)15/h1-3H,4-6,16H2,(H2,17,18,19). The van der Waals surface area contributed by atoms with Gasteiger partial charge in [-0.05, 0) is 11.6 Å². The number of halogens is 4. The first-order chi connectivity index (χ1) is 8.81. The molecule has 106 valence electrons. The molecule has 4 N–H and O–H groups in total. The molecular formula is C11H13F4N3O. The van der Waals surface area contributed by atoms with E-state index < -0.39 is 24.6 Å². The summed E-state index contributed by atoms with van der Waals surface area (Å²) in [6, 6.07) is 3.19. The second kappa shape index (κ2) is 6.37. The maximum absolute atomic E-state index is 13.5. The van der Waals surface area contributed by atoms with Crippen LogP contribution >= 0.6 is 0 Å². The van der Waals surface area contributed by atoms with Crippen molar-refractivity contribution in [1.29, 1.82) is 0 Å². The highest BCUT2D eigenvalue weighted by Crippen LogP contribution is 2.12. The number of amides is 2. The zero-order valence-corrected chi connectivity index (χ0v) is 9.85. The monoisotopic (exact) mass is 279 g/mol. The average Bonchev–Trinajstić information content (AvgIpc) is 2.34. The molecule has 0 unspecified atom stereocenters. The summed E-state index contributed by atoms with van der Waals surface area (Å²) in [5.74, 6) is -0.570. The van der Waals surface area contributed by atoms with Crippen LogP contribution in [0, 0.1) is 5.82 Å². The van der Waals surface area contributed by atoms with Crippen LogP contribution in [0.15, 0.2) is 18.2 Å². The van der Waals surface area contributed by atoms with Crippen molar-refractivity contribution in [3.05, 3.63) is 35.1 Å². The number of nitrogens with two attached hydrogens (primary N) is 1. The van der Waals surface area contributed by atoms with Crippen molar-refractivity contribution in [2.75, 3.05) is 6.54 Å². The van der Waals surface area contributed by atoms with Gasteiger partial charge in [-0.2, -0.15) is 13.2 Å². The van der Waals surface area contributed by atoms with Gasteiger partial charge in [0.15, 0.2) is 0 Å². The first kappa shape index (κ1) is 15.2. The third-order valence-electron chi connectivity index (χ3n) is 2.24. The van der Waals surface area contributed by atoms with Crippen LogP contribution in [0.1, 0.15) is 11.1 Å². The van der Waals surface area contributed by atoms with Gasteiger partial charge in [0.2, 0.25) is 0 Å². The fourth-order valence-corrected chi connectivity index (χ4v) is 1.28. The predicted molar refractivity (Wildman–Crippen MR) is 60.6 cm³/mol. The number of nitrogens with one attached hydrogen (secondary N) is 2. The van der Waals surface area contributed by atoms with Crippen molar-refractivity contribution in [3.63, 3.8) is 0 Å². The summed E-state index contributed by atoms with van der Waals surface area (Å²) < 4.78 is 48.9. The number of benzene rings is 1. The minimum absolute atomic E-state index is 0.166. The van der Waals surface area contributed by atoms with Crippen LogP contribution in [-0.2, 0) is 13.1 Å². The fourth-order valence-electron chi connectivity index (χ4n) is 1.28. The molecule has 0 atom stereocenters. The van der Waals surface area contributed by atoms with Gasteiger partial charge in [-0.1, -0.05) is 12.1 Å². The molecule has 0 bridgehead atoms. The lowest BCUT2D eigenvalue weighted by Gasteiger charge is -2.10. The number of alkyl halides is 3. The average molecular weight is 279 g/mol. The highest BCUT2D eigenvalue weighted by molar-refractivity contribution is 5.73. The first-order valence-electron chi connectivity index (χ1n) is 5.37. The lowest BCUT2D eigenvalue weighted by atomic mass is 10.1. The minimum Gasteiger partial charge on any atom is -0.334 e. The van der Waals surface area contributed by atoms with Crippen molar-refractivity contribution in [3.8, 4) is 0 Å². The van der Waals surface area contributed by atoms with Crippen LogP contribution in [0.5, 0.6) is 0 Å². The number of hydrogen-bond acceptors (Lipinski definition) is 2. The number of hydrogen-bond donors (Lipinski definition) is 3. The van der Waals surface area contributed by atoms with Crippen molar-refractivity contribution in [2.45, 2.75) is 19.3 Å². The number of urea groups is 1. The Bertz CT molecular complexity index is 448. The quantitative estimate of drug-likeness (QED) is 0.734. The van der Waals surface area contributed by atoms with Gasteiger partial charge < -0.3 is 16.4 Å². The summed E-state index contributed by atoms with van der Waals surface area (Å²) >= 11 is 0. The van der Waals surface area contributed by atoms with Crippen molar-refractivity contribution in [1.82, 2.24) is 10.6 Å². The van der Waals surface area contributed by atoms with Crippen molar-refractivity contribution in [2.24, 2.45) is 5.73 Å². The summed E-state index contributed by atoms with van der Waals surface area (Å²) in [5, 5.41) is 3.75. The van der Waals surface area contributed by atoms with Gasteiger partial charge in [0, 0.05) is 18.7 Å². The van der Waals surface area contributed by atoms with Crippen LogP contribution < -0.4 is 16.4 Å². The van der Waals surface area contributed by atoms with Gasteiger partial charge in [-0.25, -0.2) is 9.18 Å². The maximum Gasteiger partial charge on any atom is 0.405 e. The maximum atomic E-state index is 13.5. The van der Waals surface area contributed by atoms with E-state index in [1.54, 1.807) is 11.4 Å². The molecule has 0 aliphatic carbocycles. The molecule has 0 heterocycles. The molecule has 2 amide bonds. The van der Waals surface area contributed by atoms with Gasteiger partial charge >= 0.3 is 12.2 Å². The van der Waals surface area contributed by atoms with E-state index in [4.69, 9.17) is 5.73 Å². The van der Waals surface area contributed by atoms with E-state index >= 15 is 0 Å². The summed E-state index contributed by atoms with van der Waals surface area (Å²) in [6.07, 6.45) is -4.48. The largest absolute Gasteiger partial charge is 0.405 e. The molecule has 1 rings (SSSR count). The lowest BCUT2D eigenvalue weighted by Crippen LogP contribution is -2.40. The molecule has 0 saturated heterocycles. The molecule has 0 aliphatic heterocycles. The Morgan fingerprint density at radius 3 is 2.47 bits per heavy atom. The molecular weight excluding hydrogens is 266 g/mol. The summed E-state index contributed by atoms with van der Waals surface area (Å²) in [7, 11) is 0. The number of carbonyl (C=O) groups is 1. The molecule has 0 fully saturated rings. The topological polar surface area (TPSA) is 67.1 Å². The highest BCUT2D eigenvalue weighted by Gasteiger charge is 2.27. The van der Waals surface area contributed by atoms with Gasteiger partial charge in [0.1, 0.15) is 12.4 Å². The van der Waals surface area contributed by atoms with Crippen LogP contribution in [-0.4, -0.2) is 18.8 Å². The first-order valence-corrected chi connectivity index (χ1v) is 5.37. The van der Waals surface area contributed by atoms with Gasteiger partial charge in [0.25, 0.3) is 0 Å². The normalized spacial score (nSPS) is 11.2. The Labute approximate surface area is 107 Å². The Kier molecular flexibility index (Phi) is 5.11. The zero-order chi connectivity index (χ0) is 14.5. The van der Waals surface area contributed by atoms with E-state index in [0.29, 0.717) is 5.56 Å². The smallest absolute Gasteiger partial charge is 0.334 e. The van der Waals surface area contributed by atoms with Gasteiger partial charge in [0.05, 0.1) is 0 Å². The van der Waals surface area contributed by atoms with E-state index in [0.717, 1.165) is 0 Å². The third kappa shape index (κ3) is 5.56. The van der Waals surface area contributed by atoms with Crippen LogP contribution in [0.4, 0.5) is 22.4 Å². The lowest BCUT2D eigenvalue weighted by molar-refractivity contribution is -0.122. The molecule has 0 aromatic heterocycles.